The summed E-state index contributed by atoms with van der Waals surface area (Å²) in [5.74, 6) is -0.750. The van der Waals surface area contributed by atoms with E-state index in [1.807, 2.05) is 60.1 Å². The average molecular weight is 575 g/mol. The van der Waals surface area contributed by atoms with Crippen molar-refractivity contribution >= 4 is 17.6 Å². The van der Waals surface area contributed by atoms with Crippen LogP contribution in [-0.4, -0.2) is 76.8 Å². The van der Waals surface area contributed by atoms with Crippen molar-refractivity contribution in [2.75, 3.05) is 33.2 Å². The maximum atomic E-state index is 12.7. The first-order valence-corrected chi connectivity index (χ1v) is 13.7. The molecule has 42 heavy (non-hydrogen) atoms. The van der Waals surface area contributed by atoms with Crippen LogP contribution in [-0.2, 0) is 51.5 Å². The first-order chi connectivity index (χ1) is 20.3. The summed E-state index contributed by atoms with van der Waals surface area (Å²) in [6, 6.07) is 12.8. The number of methoxy groups -OCH3 is 2. The minimum atomic E-state index is -0.612. The number of nitrogens with zero attached hydrogens (tertiary/aromatic N) is 5. The van der Waals surface area contributed by atoms with E-state index >= 15 is 0 Å². The smallest absolute Gasteiger partial charge is 0.323 e. The highest BCUT2D eigenvalue weighted by Crippen LogP contribution is 2.16. The van der Waals surface area contributed by atoms with Gasteiger partial charge in [0, 0.05) is 70.3 Å². The number of hydrogen-bond acceptors (Lipinski definition) is 10. The number of nitrogens with one attached hydrogen (secondary N) is 3. The van der Waals surface area contributed by atoms with Gasteiger partial charge in [0.2, 0.25) is 0 Å². The van der Waals surface area contributed by atoms with Crippen LogP contribution in [0.2, 0.25) is 0 Å². The number of anilines is 1. The van der Waals surface area contributed by atoms with Gasteiger partial charge in [0.25, 0.3) is 0 Å². The molecule has 0 radical (unpaired) electrons. The normalized spacial score (nSPS) is 12.5. The molecule has 0 saturated carbocycles. The van der Waals surface area contributed by atoms with Crippen LogP contribution >= 0.6 is 0 Å². The van der Waals surface area contributed by atoms with E-state index in [0.717, 1.165) is 28.5 Å². The van der Waals surface area contributed by atoms with Gasteiger partial charge in [-0.2, -0.15) is 0 Å². The van der Waals surface area contributed by atoms with Gasteiger partial charge in [0.15, 0.2) is 0 Å². The van der Waals surface area contributed by atoms with Gasteiger partial charge in [0.05, 0.1) is 44.0 Å². The second-order valence-electron chi connectivity index (χ2n) is 10.1. The summed E-state index contributed by atoms with van der Waals surface area (Å²) in [4.78, 5) is 43.4. The monoisotopic (exact) mass is 574 g/mol. The molecule has 0 saturated heterocycles. The molecule has 0 unspecified atom stereocenters. The molecule has 4 rings (SSSR count). The molecule has 0 bridgehead atoms. The van der Waals surface area contributed by atoms with E-state index in [2.05, 4.69) is 37.7 Å². The van der Waals surface area contributed by atoms with Crippen LogP contribution in [0, 0.1) is 0 Å². The number of benzene rings is 1. The van der Waals surface area contributed by atoms with Crippen LogP contribution in [0.4, 0.5) is 5.69 Å². The molecule has 1 aromatic carbocycles. The Morgan fingerprint density at radius 1 is 0.952 bits per heavy atom. The summed E-state index contributed by atoms with van der Waals surface area (Å²) >= 11 is 0. The Kier molecular flexibility index (Phi) is 10.8. The molecule has 12 nitrogen and oxygen atoms in total. The Bertz CT molecular complexity index is 1420. The van der Waals surface area contributed by atoms with E-state index in [1.54, 1.807) is 18.9 Å². The van der Waals surface area contributed by atoms with Crippen molar-refractivity contribution in [1.29, 1.82) is 0 Å². The highest BCUT2D eigenvalue weighted by atomic mass is 16.5. The minimum Gasteiger partial charge on any atom is -0.468 e. The maximum Gasteiger partial charge on any atom is 0.323 e. The molecule has 12 heteroatoms. The van der Waals surface area contributed by atoms with E-state index in [1.165, 1.54) is 19.8 Å². The number of hydrogen-bond donors (Lipinski definition) is 3. The number of rotatable bonds is 15. The topological polar surface area (TPSA) is 139 Å². The number of esters is 2. The number of carbonyl (C=O) groups excluding carboxylic acids is 2. The zero-order chi connectivity index (χ0) is 29.9. The van der Waals surface area contributed by atoms with Crippen molar-refractivity contribution in [1.82, 2.24) is 35.1 Å². The molecule has 0 aliphatic heterocycles. The van der Waals surface area contributed by atoms with E-state index < -0.39 is 12.1 Å². The summed E-state index contributed by atoms with van der Waals surface area (Å²) in [5, 5.41) is 6.55. The summed E-state index contributed by atoms with van der Waals surface area (Å²) < 4.78 is 12.1. The van der Waals surface area contributed by atoms with Crippen LogP contribution in [0.1, 0.15) is 28.3 Å². The predicted molar refractivity (Wildman–Crippen MR) is 158 cm³/mol. The fraction of sp³-hybridized carbons (Fsp3) is 0.367. The van der Waals surface area contributed by atoms with Crippen molar-refractivity contribution in [2.24, 2.45) is 0 Å². The van der Waals surface area contributed by atoms with Crippen LogP contribution in [0.25, 0.3) is 0 Å². The van der Waals surface area contributed by atoms with Crippen molar-refractivity contribution in [3.63, 3.8) is 0 Å². The number of aromatic nitrogens is 5. The molecule has 3 heterocycles. The Morgan fingerprint density at radius 2 is 1.60 bits per heavy atom. The largest absolute Gasteiger partial charge is 0.468 e. The lowest BCUT2D eigenvalue weighted by atomic mass is 10.1. The first-order valence-electron chi connectivity index (χ1n) is 13.7. The second kappa shape index (κ2) is 14.9. The summed E-state index contributed by atoms with van der Waals surface area (Å²) in [6.45, 7) is 1.36. The zero-order valence-electron chi connectivity index (χ0n) is 24.4. The van der Waals surface area contributed by atoms with Crippen molar-refractivity contribution in [3.05, 3.63) is 95.9 Å². The van der Waals surface area contributed by atoms with E-state index in [9.17, 15) is 9.59 Å². The fourth-order valence-corrected chi connectivity index (χ4v) is 4.51. The van der Waals surface area contributed by atoms with Crippen LogP contribution in [0.15, 0.2) is 67.5 Å². The summed E-state index contributed by atoms with van der Waals surface area (Å²) in [7, 11) is 6.63. The summed E-state index contributed by atoms with van der Waals surface area (Å²) in [6.07, 6.45) is 7.73. The fourth-order valence-electron chi connectivity index (χ4n) is 4.51. The molecule has 0 aliphatic carbocycles. The number of aromatic amines is 1. The van der Waals surface area contributed by atoms with E-state index in [-0.39, 0.29) is 11.9 Å². The van der Waals surface area contributed by atoms with Gasteiger partial charge in [-0.25, -0.2) is 9.97 Å². The number of H-pyrrole nitrogens is 1. The Labute approximate surface area is 245 Å². The van der Waals surface area contributed by atoms with Crippen LogP contribution in [0.5, 0.6) is 0 Å². The van der Waals surface area contributed by atoms with Crippen molar-refractivity contribution < 1.29 is 19.1 Å². The summed E-state index contributed by atoms with van der Waals surface area (Å²) in [5.41, 5.74) is 5.18. The van der Waals surface area contributed by atoms with Gasteiger partial charge in [-0.15, -0.1) is 0 Å². The molecule has 0 aliphatic rings. The molecule has 3 aromatic heterocycles. The molecule has 4 aromatic rings. The highest BCUT2D eigenvalue weighted by molar-refractivity contribution is 5.76. The SMILES string of the molecule is COC(=O)[C@H](Cc1cn(Cc2ccccc2)cn1)NCc1cc(N(C)C)cc(CN[C@@H](Cc2cnc[nH]2)C(=O)OC)n1. The number of carbonyl (C=O) groups is 2. The maximum absolute atomic E-state index is 12.7. The van der Waals surface area contributed by atoms with Crippen LogP contribution in [0.3, 0.4) is 0 Å². The van der Waals surface area contributed by atoms with Crippen molar-refractivity contribution in [2.45, 2.75) is 44.6 Å². The second-order valence-corrected chi connectivity index (χ2v) is 10.1. The van der Waals surface area contributed by atoms with Gasteiger partial charge in [0.1, 0.15) is 12.1 Å². The molecule has 0 amide bonds. The minimum absolute atomic E-state index is 0.327. The lowest BCUT2D eigenvalue weighted by Crippen LogP contribution is -2.40. The quantitative estimate of drug-likeness (QED) is 0.180. The lowest BCUT2D eigenvalue weighted by molar-refractivity contribution is -0.144. The Hall–Kier alpha value is -4.55. The van der Waals surface area contributed by atoms with Gasteiger partial charge in [-0.3, -0.25) is 25.2 Å². The van der Waals surface area contributed by atoms with Gasteiger partial charge in [-0.1, -0.05) is 30.3 Å². The number of pyridine rings is 1. The molecule has 2 atom stereocenters. The molecule has 222 valence electrons. The average Bonchev–Trinajstić information content (AvgIpc) is 3.69. The third kappa shape index (κ3) is 8.72. The molecule has 3 N–H and O–H groups in total. The van der Waals surface area contributed by atoms with Gasteiger partial charge >= 0.3 is 11.9 Å². The molecule has 0 fully saturated rings. The van der Waals surface area contributed by atoms with Crippen LogP contribution < -0.4 is 15.5 Å². The van der Waals surface area contributed by atoms with Gasteiger partial charge in [-0.05, 0) is 17.7 Å². The number of imidazole rings is 2. The Morgan fingerprint density at radius 3 is 2.17 bits per heavy atom. The third-order valence-corrected chi connectivity index (χ3v) is 6.75. The standard InChI is InChI=1S/C30H38N8O4/c1-37(2)26-10-23(15-32-27(29(39)41-3)12-22-14-31-19-34-22)36-24(11-26)16-33-28(30(40)42-4)13-25-18-38(20-35-25)17-21-8-6-5-7-9-21/h5-11,14,18-20,27-28,32-33H,12-13,15-17H2,1-4H3,(H,31,34)/t27-,28-/m0/s1. The number of ether oxygens (including phenoxy) is 2. The zero-order valence-corrected chi connectivity index (χ0v) is 24.4. The predicted octanol–water partition coefficient (Wildman–Crippen LogP) is 1.86. The van der Waals surface area contributed by atoms with E-state index in [0.29, 0.717) is 32.5 Å². The third-order valence-electron chi connectivity index (χ3n) is 6.75. The molecular weight excluding hydrogens is 536 g/mol. The molecule has 0 spiro atoms. The van der Waals surface area contributed by atoms with Gasteiger partial charge < -0.3 is 23.9 Å². The van der Waals surface area contributed by atoms with E-state index in [4.69, 9.17) is 14.5 Å². The molecular formula is C30H38N8O4. The highest BCUT2D eigenvalue weighted by Gasteiger charge is 2.22. The first kappa shape index (κ1) is 30.4. The Balaban J connectivity index is 1.43. The van der Waals surface area contributed by atoms with Crippen molar-refractivity contribution in [3.8, 4) is 0 Å². The lowest BCUT2D eigenvalue weighted by Gasteiger charge is -2.19.